The zero-order valence-electron chi connectivity index (χ0n) is 12.0. The molecular formula is C16H12ClN3O3. The topological polar surface area (TPSA) is 79.4 Å². The van der Waals surface area contributed by atoms with Crippen molar-refractivity contribution in [3.63, 3.8) is 0 Å². The van der Waals surface area contributed by atoms with Gasteiger partial charge in [0.25, 0.3) is 11.8 Å². The maximum atomic E-state index is 12.1. The molecule has 1 N–H and O–H groups in total. The third-order valence-corrected chi connectivity index (χ3v) is 3.67. The van der Waals surface area contributed by atoms with Gasteiger partial charge in [0.15, 0.2) is 0 Å². The molecule has 3 amide bonds. The van der Waals surface area contributed by atoms with E-state index in [2.05, 4.69) is 10.3 Å². The van der Waals surface area contributed by atoms with Gasteiger partial charge in [-0.05, 0) is 36.4 Å². The first-order valence-electron chi connectivity index (χ1n) is 6.93. The van der Waals surface area contributed by atoms with Crippen molar-refractivity contribution >= 4 is 35.0 Å². The molecule has 1 aliphatic rings. The van der Waals surface area contributed by atoms with Gasteiger partial charge in [0.1, 0.15) is 5.69 Å². The summed E-state index contributed by atoms with van der Waals surface area (Å²) in [6, 6.07) is 9.81. The number of imide groups is 1. The predicted octanol–water partition coefficient (Wildman–Crippen LogP) is 2.36. The van der Waals surface area contributed by atoms with Gasteiger partial charge in [-0.2, -0.15) is 0 Å². The molecule has 6 nitrogen and oxygen atoms in total. The zero-order valence-corrected chi connectivity index (χ0v) is 12.7. The van der Waals surface area contributed by atoms with E-state index in [0.717, 1.165) is 4.90 Å². The maximum Gasteiger partial charge on any atom is 0.280 e. The molecule has 0 unspecified atom stereocenters. The molecule has 116 valence electrons. The highest BCUT2D eigenvalue weighted by Gasteiger charge is 2.36. The summed E-state index contributed by atoms with van der Waals surface area (Å²) in [5.41, 5.74) is 1.01. The van der Waals surface area contributed by atoms with E-state index in [1.165, 1.54) is 6.20 Å². The molecule has 1 aromatic carbocycles. The Morgan fingerprint density at radius 1 is 1.13 bits per heavy atom. The Bertz CT molecular complexity index is 754. The summed E-state index contributed by atoms with van der Waals surface area (Å²) >= 11 is 5.77. The first-order valence-corrected chi connectivity index (χ1v) is 7.30. The van der Waals surface area contributed by atoms with Gasteiger partial charge in [-0.25, -0.2) is 0 Å². The van der Waals surface area contributed by atoms with E-state index in [-0.39, 0.29) is 30.1 Å². The van der Waals surface area contributed by atoms with Crippen LogP contribution in [0.3, 0.4) is 0 Å². The predicted molar refractivity (Wildman–Crippen MR) is 84.3 cm³/mol. The van der Waals surface area contributed by atoms with Gasteiger partial charge in [-0.1, -0.05) is 11.6 Å². The lowest BCUT2D eigenvalue weighted by atomic mass is 10.2. The summed E-state index contributed by atoms with van der Waals surface area (Å²) in [5, 5.41) is 3.25. The van der Waals surface area contributed by atoms with E-state index in [9.17, 15) is 14.4 Å². The molecule has 23 heavy (non-hydrogen) atoms. The van der Waals surface area contributed by atoms with Crippen LogP contribution in [0.2, 0.25) is 5.02 Å². The summed E-state index contributed by atoms with van der Waals surface area (Å²) in [7, 11) is 0. The molecule has 0 aliphatic carbocycles. The minimum Gasteiger partial charge on any atom is -0.326 e. The molecule has 2 aromatic rings. The van der Waals surface area contributed by atoms with Gasteiger partial charge in [0.05, 0.1) is 5.56 Å². The molecule has 0 radical (unpaired) electrons. The number of hydrogen-bond acceptors (Lipinski definition) is 4. The fourth-order valence-corrected chi connectivity index (χ4v) is 2.41. The van der Waals surface area contributed by atoms with Crippen molar-refractivity contribution in [1.29, 1.82) is 0 Å². The fraction of sp³-hybridized carbons (Fsp3) is 0.125. The zero-order chi connectivity index (χ0) is 16.4. The summed E-state index contributed by atoms with van der Waals surface area (Å²) < 4.78 is 0. The van der Waals surface area contributed by atoms with E-state index in [1.807, 2.05) is 0 Å². The third kappa shape index (κ3) is 3.07. The highest BCUT2D eigenvalue weighted by atomic mass is 35.5. The SMILES string of the molecule is O=C(CCN1C(=O)c2cccnc2C1=O)Nc1ccc(Cl)cc1. The summed E-state index contributed by atoms with van der Waals surface area (Å²) in [6.07, 6.45) is 1.47. The summed E-state index contributed by atoms with van der Waals surface area (Å²) in [4.78, 5) is 41.1. The van der Waals surface area contributed by atoms with Crippen LogP contribution in [0.1, 0.15) is 27.3 Å². The second kappa shape index (κ2) is 6.18. The number of hydrogen-bond donors (Lipinski definition) is 1. The molecule has 1 aromatic heterocycles. The number of carbonyl (C=O) groups is 3. The second-order valence-corrected chi connectivity index (χ2v) is 5.40. The molecule has 0 atom stereocenters. The number of amides is 3. The number of nitrogens with one attached hydrogen (secondary N) is 1. The van der Waals surface area contributed by atoms with Crippen molar-refractivity contribution in [3.8, 4) is 0 Å². The standard InChI is InChI=1S/C16H12ClN3O3/c17-10-3-5-11(6-4-10)19-13(21)7-9-20-15(22)12-2-1-8-18-14(12)16(20)23/h1-6,8H,7,9H2,(H,19,21). The van der Waals surface area contributed by atoms with Crippen LogP contribution in [-0.4, -0.2) is 34.2 Å². The molecular weight excluding hydrogens is 318 g/mol. The lowest BCUT2D eigenvalue weighted by molar-refractivity contribution is -0.116. The van der Waals surface area contributed by atoms with Crippen LogP contribution in [-0.2, 0) is 4.79 Å². The van der Waals surface area contributed by atoms with Crippen molar-refractivity contribution in [2.75, 3.05) is 11.9 Å². The average Bonchev–Trinajstić information content (AvgIpc) is 2.80. The Hall–Kier alpha value is -2.73. The molecule has 0 bridgehead atoms. The lowest BCUT2D eigenvalue weighted by Crippen LogP contribution is -2.33. The molecule has 7 heteroatoms. The minimum atomic E-state index is -0.468. The Morgan fingerprint density at radius 3 is 2.57 bits per heavy atom. The molecule has 2 heterocycles. The van der Waals surface area contributed by atoms with Crippen LogP contribution >= 0.6 is 11.6 Å². The quantitative estimate of drug-likeness (QED) is 0.873. The second-order valence-electron chi connectivity index (χ2n) is 4.97. The van der Waals surface area contributed by atoms with Gasteiger partial charge in [-0.3, -0.25) is 24.3 Å². The van der Waals surface area contributed by atoms with Crippen LogP contribution in [0, 0.1) is 0 Å². The van der Waals surface area contributed by atoms with Crippen molar-refractivity contribution in [2.45, 2.75) is 6.42 Å². The summed E-state index contributed by atoms with van der Waals surface area (Å²) in [5.74, 6) is -1.18. The van der Waals surface area contributed by atoms with Crippen LogP contribution in [0.4, 0.5) is 5.69 Å². The molecule has 3 rings (SSSR count). The van der Waals surface area contributed by atoms with Crippen molar-refractivity contribution < 1.29 is 14.4 Å². The Balaban J connectivity index is 1.61. The van der Waals surface area contributed by atoms with Crippen molar-refractivity contribution in [3.05, 3.63) is 58.9 Å². The van der Waals surface area contributed by atoms with E-state index in [0.29, 0.717) is 10.7 Å². The molecule has 0 spiro atoms. The van der Waals surface area contributed by atoms with Crippen LogP contribution in [0.5, 0.6) is 0 Å². The Labute approximate surface area is 137 Å². The van der Waals surface area contributed by atoms with Gasteiger partial charge in [0, 0.05) is 29.9 Å². The van der Waals surface area contributed by atoms with E-state index < -0.39 is 11.8 Å². The number of carbonyl (C=O) groups excluding carboxylic acids is 3. The monoisotopic (exact) mass is 329 g/mol. The molecule has 1 aliphatic heterocycles. The van der Waals surface area contributed by atoms with Gasteiger partial charge >= 0.3 is 0 Å². The van der Waals surface area contributed by atoms with Crippen LogP contribution in [0.15, 0.2) is 42.6 Å². The first-order chi connectivity index (χ1) is 11.1. The van der Waals surface area contributed by atoms with Crippen molar-refractivity contribution in [2.24, 2.45) is 0 Å². The highest BCUT2D eigenvalue weighted by Crippen LogP contribution is 2.20. The molecule has 0 saturated heterocycles. The van der Waals surface area contributed by atoms with E-state index in [1.54, 1.807) is 36.4 Å². The number of fused-ring (bicyclic) bond motifs is 1. The summed E-state index contributed by atoms with van der Waals surface area (Å²) in [6.45, 7) is 0.00739. The highest BCUT2D eigenvalue weighted by molar-refractivity contribution is 6.30. The maximum absolute atomic E-state index is 12.1. The van der Waals surface area contributed by atoms with Crippen LogP contribution in [0.25, 0.3) is 0 Å². The Kier molecular flexibility index (Phi) is 4.08. The number of benzene rings is 1. The van der Waals surface area contributed by atoms with Crippen LogP contribution < -0.4 is 5.32 Å². The number of rotatable bonds is 4. The fourth-order valence-electron chi connectivity index (χ4n) is 2.29. The number of pyridine rings is 1. The van der Waals surface area contributed by atoms with Gasteiger partial charge in [0.2, 0.25) is 5.91 Å². The van der Waals surface area contributed by atoms with Crippen molar-refractivity contribution in [1.82, 2.24) is 9.88 Å². The number of aromatic nitrogens is 1. The smallest absolute Gasteiger partial charge is 0.280 e. The number of nitrogens with zero attached hydrogens (tertiary/aromatic N) is 2. The lowest BCUT2D eigenvalue weighted by Gasteiger charge is -2.13. The molecule has 0 saturated carbocycles. The molecule has 0 fully saturated rings. The van der Waals surface area contributed by atoms with E-state index >= 15 is 0 Å². The number of halogens is 1. The third-order valence-electron chi connectivity index (χ3n) is 3.42. The Morgan fingerprint density at radius 2 is 1.87 bits per heavy atom. The largest absolute Gasteiger partial charge is 0.326 e. The minimum absolute atomic E-state index is 0.00739. The van der Waals surface area contributed by atoms with E-state index in [4.69, 9.17) is 11.6 Å². The first kappa shape index (κ1) is 15.2. The normalized spacial score (nSPS) is 13.2. The number of anilines is 1. The van der Waals surface area contributed by atoms with Gasteiger partial charge in [-0.15, -0.1) is 0 Å². The average molecular weight is 330 g/mol. The van der Waals surface area contributed by atoms with Gasteiger partial charge < -0.3 is 5.32 Å².